The molecule has 0 bridgehead atoms. The first-order valence-electron chi connectivity index (χ1n) is 8.31. The van der Waals surface area contributed by atoms with Crippen molar-refractivity contribution in [2.75, 3.05) is 13.2 Å². The summed E-state index contributed by atoms with van der Waals surface area (Å²) in [5.41, 5.74) is 2.94. The number of fused-ring (bicyclic) bond motifs is 1. The molecule has 2 aliphatic rings. The molecular formula is C18H27NO. The molecule has 2 heteroatoms. The molecule has 0 radical (unpaired) electrons. The summed E-state index contributed by atoms with van der Waals surface area (Å²) in [6, 6.07) is 9.56. The molecule has 3 atom stereocenters. The van der Waals surface area contributed by atoms with Crippen LogP contribution in [0.4, 0.5) is 0 Å². The summed E-state index contributed by atoms with van der Waals surface area (Å²) in [4.78, 5) is 0. The van der Waals surface area contributed by atoms with Crippen LogP contribution in [-0.2, 0) is 11.2 Å². The minimum Gasteiger partial charge on any atom is -0.373 e. The molecule has 1 aromatic carbocycles. The van der Waals surface area contributed by atoms with E-state index in [-0.39, 0.29) is 0 Å². The third-order valence-corrected chi connectivity index (χ3v) is 4.92. The van der Waals surface area contributed by atoms with Crippen molar-refractivity contribution in [2.45, 2.75) is 57.6 Å². The van der Waals surface area contributed by atoms with Crippen LogP contribution < -0.4 is 5.32 Å². The maximum Gasteiger partial charge on any atom is 0.0831 e. The summed E-state index contributed by atoms with van der Waals surface area (Å²) in [7, 11) is 0. The fourth-order valence-corrected chi connectivity index (χ4v) is 3.86. The highest BCUT2D eigenvalue weighted by atomic mass is 16.5. The molecule has 20 heavy (non-hydrogen) atoms. The van der Waals surface area contributed by atoms with Crippen molar-refractivity contribution in [2.24, 2.45) is 5.92 Å². The molecular weight excluding hydrogens is 246 g/mol. The predicted molar refractivity (Wildman–Crippen MR) is 82.9 cm³/mol. The number of nitrogens with one attached hydrogen (secondary N) is 1. The molecule has 2 nitrogen and oxygen atoms in total. The largest absolute Gasteiger partial charge is 0.373 e. The molecule has 3 unspecified atom stereocenters. The molecule has 110 valence electrons. The summed E-state index contributed by atoms with van der Waals surface area (Å²) in [5, 5.41) is 3.74. The SMILES string of the molecule is CCCNC1CCCC1CC1OCCc2ccccc21. The molecule has 1 aliphatic heterocycles. The third-order valence-electron chi connectivity index (χ3n) is 4.92. The zero-order valence-corrected chi connectivity index (χ0v) is 12.6. The first-order valence-corrected chi connectivity index (χ1v) is 8.31. The van der Waals surface area contributed by atoms with E-state index in [1.54, 1.807) is 0 Å². The first kappa shape index (κ1) is 14.1. The van der Waals surface area contributed by atoms with Gasteiger partial charge < -0.3 is 10.1 Å². The lowest BCUT2D eigenvalue weighted by Gasteiger charge is -2.30. The van der Waals surface area contributed by atoms with Crippen molar-refractivity contribution >= 4 is 0 Å². The smallest absolute Gasteiger partial charge is 0.0831 e. The quantitative estimate of drug-likeness (QED) is 0.879. The Balaban J connectivity index is 1.66. The number of ether oxygens (including phenoxy) is 1. The third kappa shape index (κ3) is 3.07. The van der Waals surface area contributed by atoms with E-state index in [2.05, 4.69) is 36.5 Å². The van der Waals surface area contributed by atoms with E-state index in [9.17, 15) is 0 Å². The molecule has 1 aromatic rings. The van der Waals surface area contributed by atoms with Crippen LogP contribution in [0.25, 0.3) is 0 Å². The number of rotatable bonds is 5. The highest BCUT2D eigenvalue weighted by Crippen LogP contribution is 2.37. The lowest BCUT2D eigenvalue weighted by molar-refractivity contribution is 0.0232. The van der Waals surface area contributed by atoms with Crippen LogP contribution in [-0.4, -0.2) is 19.2 Å². The van der Waals surface area contributed by atoms with E-state index in [4.69, 9.17) is 4.74 Å². The predicted octanol–water partition coefficient (Wildman–Crippen LogP) is 3.86. The summed E-state index contributed by atoms with van der Waals surface area (Å²) in [6.45, 7) is 4.29. The average Bonchev–Trinajstić information content (AvgIpc) is 2.93. The van der Waals surface area contributed by atoms with Crippen LogP contribution in [0, 0.1) is 5.92 Å². The van der Waals surface area contributed by atoms with E-state index < -0.39 is 0 Å². The maximum absolute atomic E-state index is 6.09. The van der Waals surface area contributed by atoms with Crippen molar-refractivity contribution in [1.82, 2.24) is 5.32 Å². The van der Waals surface area contributed by atoms with Gasteiger partial charge in [-0.15, -0.1) is 0 Å². The van der Waals surface area contributed by atoms with Crippen molar-refractivity contribution in [3.8, 4) is 0 Å². The molecule has 1 fully saturated rings. The Morgan fingerprint density at radius 2 is 2.15 bits per heavy atom. The molecule has 3 rings (SSSR count). The van der Waals surface area contributed by atoms with Crippen molar-refractivity contribution < 1.29 is 4.74 Å². The van der Waals surface area contributed by atoms with Gasteiger partial charge in [-0.05, 0) is 55.7 Å². The fraction of sp³-hybridized carbons (Fsp3) is 0.667. The summed E-state index contributed by atoms with van der Waals surface area (Å²) >= 11 is 0. The van der Waals surface area contributed by atoms with Crippen LogP contribution in [0.3, 0.4) is 0 Å². The zero-order chi connectivity index (χ0) is 13.8. The van der Waals surface area contributed by atoms with Crippen molar-refractivity contribution in [3.63, 3.8) is 0 Å². The second-order valence-corrected chi connectivity index (χ2v) is 6.30. The zero-order valence-electron chi connectivity index (χ0n) is 12.6. The molecule has 0 spiro atoms. The van der Waals surface area contributed by atoms with Gasteiger partial charge in [-0.25, -0.2) is 0 Å². The van der Waals surface area contributed by atoms with Gasteiger partial charge in [-0.3, -0.25) is 0 Å². The van der Waals surface area contributed by atoms with Gasteiger partial charge >= 0.3 is 0 Å². The second kappa shape index (κ2) is 6.73. The van der Waals surface area contributed by atoms with Crippen LogP contribution in [0.5, 0.6) is 0 Å². The Bertz CT molecular complexity index is 431. The summed E-state index contributed by atoms with van der Waals surface area (Å²) < 4.78 is 6.09. The average molecular weight is 273 g/mol. The molecule has 0 amide bonds. The summed E-state index contributed by atoms with van der Waals surface area (Å²) in [5.74, 6) is 0.790. The van der Waals surface area contributed by atoms with Gasteiger partial charge in [-0.1, -0.05) is 37.6 Å². The molecule has 1 saturated carbocycles. The standard InChI is InChI=1S/C18H27NO/c1-2-11-19-17-9-5-7-15(17)13-18-16-8-4-3-6-14(16)10-12-20-18/h3-4,6,8,15,17-19H,2,5,7,9-13H2,1H3. The Hall–Kier alpha value is -0.860. The Labute approximate surface area is 122 Å². The monoisotopic (exact) mass is 273 g/mol. The molecule has 1 heterocycles. The first-order chi connectivity index (χ1) is 9.88. The van der Waals surface area contributed by atoms with Gasteiger partial charge in [0.15, 0.2) is 0 Å². The molecule has 1 N–H and O–H groups in total. The van der Waals surface area contributed by atoms with E-state index in [0.717, 1.165) is 25.5 Å². The lowest BCUT2D eigenvalue weighted by atomic mass is 9.89. The Kier molecular flexibility index (Phi) is 4.74. The normalized spacial score (nSPS) is 29.4. The Morgan fingerprint density at radius 3 is 3.05 bits per heavy atom. The van der Waals surface area contributed by atoms with Crippen LogP contribution >= 0.6 is 0 Å². The Morgan fingerprint density at radius 1 is 1.25 bits per heavy atom. The molecule has 0 saturated heterocycles. The van der Waals surface area contributed by atoms with Gasteiger partial charge in [0.1, 0.15) is 0 Å². The molecule has 0 aromatic heterocycles. The van der Waals surface area contributed by atoms with E-state index in [1.807, 2.05) is 0 Å². The fourth-order valence-electron chi connectivity index (χ4n) is 3.86. The van der Waals surface area contributed by atoms with E-state index in [0.29, 0.717) is 12.1 Å². The summed E-state index contributed by atoms with van der Waals surface area (Å²) in [6.07, 6.45) is 7.91. The van der Waals surface area contributed by atoms with Crippen molar-refractivity contribution in [1.29, 1.82) is 0 Å². The second-order valence-electron chi connectivity index (χ2n) is 6.30. The minimum absolute atomic E-state index is 0.328. The van der Waals surface area contributed by atoms with E-state index >= 15 is 0 Å². The highest BCUT2D eigenvalue weighted by Gasteiger charge is 2.31. The van der Waals surface area contributed by atoms with Crippen LogP contribution in [0.2, 0.25) is 0 Å². The number of benzene rings is 1. The molecule has 1 aliphatic carbocycles. The lowest BCUT2D eigenvalue weighted by Crippen LogP contribution is -2.34. The van der Waals surface area contributed by atoms with Gasteiger partial charge in [0.05, 0.1) is 12.7 Å². The highest BCUT2D eigenvalue weighted by molar-refractivity contribution is 5.31. The van der Waals surface area contributed by atoms with Crippen LogP contribution in [0.1, 0.15) is 56.3 Å². The topological polar surface area (TPSA) is 21.3 Å². The van der Waals surface area contributed by atoms with Gasteiger partial charge in [0.2, 0.25) is 0 Å². The number of hydrogen-bond acceptors (Lipinski definition) is 2. The number of hydrogen-bond donors (Lipinski definition) is 1. The van der Waals surface area contributed by atoms with E-state index in [1.165, 1.54) is 43.2 Å². The van der Waals surface area contributed by atoms with Gasteiger partial charge in [-0.2, -0.15) is 0 Å². The van der Waals surface area contributed by atoms with Gasteiger partial charge in [0.25, 0.3) is 0 Å². The van der Waals surface area contributed by atoms with Crippen molar-refractivity contribution in [3.05, 3.63) is 35.4 Å². The minimum atomic E-state index is 0.328. The van der Waals surface area contributed by atoms with Gasteiger partial charge in [0, 0.05) is 6.04 Å². The van der Waals surface area contributed by atoms with Crippen LogP contribution in [0.15, 0.2) is 24.3 Å². The maximum atomic E-state index is 6.09.